The fourth-order valence-electron chi connectivity index (χ4n) is 2.51. The van der Waals surface area contributed by atoms with Gasteiger partial charge in [0.15, 0.2) is 0 Å². The van der Waals surface area contributed by atoms with Crippen LogP contribution in [0, 0.1) is 13.8 Å². The SMILES string of the molecule is Cc1cc(C)cc(NC(=O)CCSc2nnnn2-c2ccccc2)c1. The summed E-state index contributed by atoms with van der Waals surface area (Å²) in [6.07, 6.45) is 0.388. The van der Waals surface area contributed by atoms with Crippen LogP contribution in [0.3, 0.4) is 0 Å². The molecule has 1 aromatic heterocycles. The molecule has 1 amide bonds. The van der Waals surface area contributed by atoms with Gasteiger partial charge in [0.25, 0.3) is 0 Å². The van der Waals surface area contributed by atoms with Gasteiger partial charge in [-0.2, -0.15) is 4.68 Å². The molecule has 1 N–H and O–H groups in total. The molecule has 0 fully saturated rings. The van der Waals surface area contributed by atoms with Crippen molar-refractivity contribution in [3.63, 3.8) is 0 Å². The summed E-state index contributed by atoms with van der Waals surface area (Å²) in [5.74, 6) is 0.584. The first kappa shape index (κ1) is 17.2. The summed E-state index contributed by atoms with van der Waals surface area (Å²) in [5, 5.41) is 15.4. The maximum atomic E-state index is 12.1. The Balaban J connectivity index is 1.55. The molecule has 3 aromatic rings. The lowest BCUT2D eigenvalue weighted by molar-refractivity contribution is -0.115. The number of carbonyl (C=O) groups excluding carboxylic acids is 1. The van der Waals surface area contributed by atoms with Crippen LogP contribution in [0.15, 0.2) is 53.7 Å². The van der Waals surface area contributed by atoms with Crippen molar-refractivity contribution in [2.24, 2.45) is 0 Å². The zero-order valence-corrected chi connectivity index (χ0v) is 15.0. The van der Waals surface area contributed by atoms with Crippen LogP contribution in [0.4, 0.5) is 5.69 Å². The Bertz CT molecular complexity index is 843. The first-order valence-electron chi connectivity index (χ1n) is 7.96. The van der Waals surface area contributed by atoms with E-state index < -0.39 is 0 Å². The number of thioether (sulfide) groups is 1. The minimum absolute atomic E-state index is 0.0174. The molecule has 3 rings (SSSR count). The Labute approximate surface area is 150 Å². The molecule has 0 saturated carbocycles. The molecule has 128 valence electrons. The van der Waals surface area contributed by atoms with Gasteiger partial charge in [-0.3, -0.25) is 4.79 Å². The summed E-state index contributed by atoms with van der Waals surface area (Å²) >= 11 is 1.46. The van der Waals surface area contributed by atoms with Crippen molar-refractivity contribution in [2.75, 3.05) is 11.1 Å². The molecule has 0 unspecified atom stereocenters. The van der Waals surface area contributed by atoms with E-state index in [1.165, 1.54) is 11.8 Å². The molecular weight excluding hydrogens is 334 g/mol. The smallest absolute Gasteiger partial charge is 0.225 e. The number of tetrazole rings is 1. The average Bonchev–Trinajstić information content (AvgIpc) is 3.03. The Morgan fingerprint density at radius 3 is 2.56 bits per heavy atom. The van der Waals surface area contributed by atoms with Crippen LogP contribution in [-0.2, 0) is 4.79 Å². The molecule has 2 aromatic carbocycles. The predicted octanol–water partition coefficient (Wildman–Crippen LogP) is 3.40. The van der Waals surface area contributed by atoms with Crippen molar-refractivity contribution in [1.29, 1.82) is 0 Å². The normalized spacial score (nSPS) is 10.6. The van der Waals surface area contributed by atoms with Gasteiger partial charge in [-0.05, 0) is 59.7 Å². The second kappa shape index (κ2) is 7.94. The molecule has 0 saturated heterocycles. The highest BCUT2D eigenvalue weighted by Crippen LogP contribution is 2.19. The van der Waals surface area contributed by atoms with Gasteiger partial charge >= 0.3 is 0 Å². The van der Waals surface area contributed by atoms with E-state index in [0.717, 1.165) is 22.5 Å². The molecule has 0 atom stereocenters. The largest absolute Gasteiger partial charge is 0.326 e. The minimum atomic E-state index is -0.0174. The third kappa shape index (κ3) is 4.67. The summed E-state index contributed by atoms with van der Waals surface area (Å²) < 4.78 is 1.67. The maximum absolute atomic E-state index is 12.1. The van der Waals surface area contributed by atoms with Gasteiger partial charge in [-0.1, -0.05) is 36.0 Å². The summed E-state index contributed by atoms with van der Waals surface area (Å²) in [7, 11) is 0. The number of para-hydroxylation sites is 1. The Kier molecular flexibility index (Phi) is 5.45. The number of aryl methyl sites for hydroxylation is 2. The second-order valence-corrected chi connectivity index (χ2v) is 6.79. The molecule has 0 spiro atoms. The number of hydrogen-bond acceptors (Lipinski definition) is 5. The van der Waals surface area contributed by atoms with E-state index in [1.807, 2.05) is 56.3 Å². The van der Waals surface area contributed by atoms with Crippen molar-refractivity contribution in [2.45, 2.75) is 25.4 Å². The van der Waals surface area contributed by atoms with E-state index in [0.29, 0.717) is 17.3 Å². The Morgan fingerprint density at radius 1 is 1.12 bits per heavy atom. The Morgan fingerprint density at radius 2 is 1.84 bits per heavy atom. The van der Waals surface area contributed by atoms with Crippen LogP contribution < -0.4 is 5.32 Å². The summed E-state index contributed by atoms with van der Waals surface area (Å²) in [5.41, 5.74) is 4.00. The third-order valence-corrected chi connectivity index (χ3v) is 4.43. The lowest BCUT2D eigenvalue weighted by Gasteiger charge is -2.07. The highest BCUT2D eigenvalue weighted by atomic mass is 32.2. The molecule has 0 radical (unpaired) electrons. The monoisotopic (exact) mass is 353 g/mol. The van der Waals surface area contributed by atoms with Crippen molar-refractivity contribution < 1.29 is 4.79 Å². The van der Waals surface area contributed by atoms with Crippen molar-refractivity contribution in [3.8, 4) is 5.69 Å². The molecule has 25 heavy (non-hydrogen) atoms. The molecule has 0 aliphatic carbocycles. The second-order valence-electron chi connectivity index (χ2n) is 5.73. The van der Waals surface area contributed by atoms with E-state index in [2.05, 4.69) is 26.9 Å². The summed E-state index contributed by atoms with van der Waals surface area (Å²) in [4.78, 5) is 12.1. The molecule has 7 heteroatoms. The first-order valence-corrected chi connectivity index (χ1v) is 8.95. The number of aromatic nitrogens is 4. The summed E-state index contributed by atoms with van der Waals surface area (Å²) in [6, 6.07) is 15.7. The van der Waals surface area contributed by atoms with Gasteiger partial charge < -0.3 is 5.32 Å². The molecule has 1 heterocycles. The van der Waals surface area contributed by atoms with Gasteiger partial charge in [0.2, 0.25) is 11.1 Å². The predicted molar refractivity (Wildman–Crippen MR) is 99.0 cm³/mol. The van der Waals surface area contributed by atoms with Crippen LogP contribution in [-0.4, -0.2) is 31.9 Å². The van der Waals surface area contributed by atoms with E-state index >= 15 is 0 Å². The third-order valence-electron chi connectivity index (χ3n) is 3.51. The zero-order chi connectivity index (χ0) is 17.6. The number of nitrogens with one attached hydrogen (secondary N) is 1. The minimum Gasteiger partial charge on any atom is -0.326 e. The van der Waals surface area contributed by atoms with Crippen LogP contribution in [0.5, 0.6) is 0 Å². The van der Waals surface area contributed by atoms with Gasteiger partial charge in [-0.25, -0.2) is 0 Å². The van der Waals surface area contributed by atoms with E-state index in [1.54, 1.807) is 4.68 Å². The van der Waals surface area contributed by atoms with Crippen molar-refractivity contribution in [1.82, 2.24) is 20.2 Å². The topological polar surface area (TPSA) is 72.7 Å². The molecule has 0 bridgehead atoms. The van der Waals surface area contributed by atoms with E-state index in [9.17, 15) is 4.79 Å². The number of nitrogens with zero attached hydrogens (tertiary/aromatic N) is 4. The number of rotatable bonds is 6. The van der Waals surface area contributed by atoms with Crippen LogP contribution in [0.25, 0.3) is 5.69 Å². The lowest BCUT2D eigenvalue weighted by atomic mass is 10.1. The summed E-state index contributed by atoms with van der Waals surface area (Å²) in [6.45, 7) is 4.03. The van der Waals surface area contributed by atoms with Crippen LogP contribution in [0.1, 0.15) is 17.5 Å². The maximum Gasteiger partial charge on any atom is 0.225 e. The fourth-order valence-corrected chi connectivity index (χ4v) is 3.33. The highest BCUT2D eigenvalue weighted by Gasteiger charge is 2.10. The number of carbonyl (C=O) groups is 1. The van der Waals surface area contributed by atoms with Crippen LogP contribution in [0.2, 0.25) is 0 Å². The van der Waals surface area contributed by atoms with Gasteiger partial charge in [0.05, 0.1) is 5.69 Å². The van der Waals surface area contributed by atoms with E-state index in [-0.39, 0.29) is 5.91 Å². The molecule has 0 aliphatic rings. The van der Waals surface area contributed by atoms with Crippen LogP contribution >= 0.6 is 11.8 Å². The molecule has 6 nitrogen and oxygen atoms in total. The fraction of sp³-hybridized carbons (Fsp3) is 0.222. The highest BCUT2D eigenvalue weighted by molar-refractivity contribution is 7.99. The average molecular weight is 353 g/mol. The van der Waals surface area contributed by atoms with Gasteiger partial charge in [0.1, 0.15) is 0 Å². The van der Waals surface area contributed by atoms with E-state index in [4.69, 9.17) is 0 Å². The molecular formula is C18H19N5OS. The van der Waals surface area contributed by atoms with Gasteiger partial charge in [0, 0.05) is 17.9 Å². The molecule has 0 aliphatic heterocycles. The first-order chi connectivity index (χ1) is 12.1. The number of anilines is 1. The van der Waals surface area contributed by atoms with Gasteiger partial charge in [-0.15, -0.1) is 5.10 Å². The quantitative estimate of drug-likeness (QED) is 0.688. The van der Waals surface area contributed by atoms with Crippen molar-refractivity contribution >= 4 is 23.4 Å². The number of amides is 1. The number of benzene rings is 2. The Hall–Kier alpha value is -2.67. The zero-order valence-electron chi connectivity index (χ0n) is 14.1. The van der Waals surface area contributed by atoms with Crippen molar-refractivity contribution in [3.05, 3.63) is 59.7 Å². The standard InChI is InChI=1S/C18H19N5OS/c1-13-10-14(2)12-15(11-13)19-17(24)8-9-25-18-20-21-22-23(18)16-6-4-3-5-7-16/h3-7,10-12H,8-9H2,1-2H3,(H,19,24). The lowest BCUT2D eigenvalue weighted by Crippen LogP contribution is -2.12. The number of hydrogen-bond donors (Lipinski definition) is 1.